The first-order valence-corrected chi connectivity index (χ1v) is 8.09. The van der Waals surface area contributed by atoms with Crippen LogP contribution in [0, 0.1) is 5.82 Å². The van der Waals surface area contributed by atoms with E-state index in [1.54, 1.807) is 4.90 Å². The van der Waals surface area contributed by atoms with Gasteiger partial charge in [0.2, 0.25) is 5.56 Å². The molecule has 0 spiro atoms. The van der Waals surface area contributed by atoms with Crippen LogP contribution in [0.1, 0.15) is 34.9 Å². The number of piperidine rings is 1. The number of carbonyl (C=O) groups excluding carboxylic acids is 1. The number of likely N-dealkylation sites (tertiary alicyclic amines) is 1. The molecular weight excluding hydrogens is 325 g/mol. The molecular formula is C17H16FN5O2. The van der Waals surface area contributed by atoms with E-state index in [1.807, 2.05) is 0 Å². The Morgan fingerprint density at radius 2 is 2.20 bits per heavy atom. The van der Waals surface area contributed by atoms with Crippen LogP contribution in [0.15, 0.2) is 35.4 Å². The zero-order chi connectivity index (χ0) is 17.4. The number of carbonyl (C=O) groups is 1. The molecule has 4 rings (SSSR count). The number of aromatic nitrogens is 4. The van der Waals surface area contributed by atoms with Crippen molar-refractivity contribution in [3.63, 3.8) is 0 Å². The molecule has 3 heterocycles. The Bertz CT molecular complexity index is 982. The summed E-state index contributed by atoms with van der Waals surface area (Å²) < 4.78 is 13.6. The van der Waals surface area contributed by atoms with Crippen molar-refractivity contribution in [1.29, 1.82) is 0 Å². The fourth-order valence-corrected chi connectivity index (χ4v) is 3.37. The molecule has 2 aromatic heterocycles. The average Bonchev–Trinajstić information content (AvgIpc) is 3.16. The van der Waals surface area contributed by atoms with Gasteiger partial charge >= 0.3 is 0 Å². The zero-order valence-electron chi connectivity index (χ0n) is 13.3. The number of hydrogen-bond donors (Lipinski definition) is 2. The summed E-state index contributed by atoms with van der Waals surface area (Å²) in [5.41, 5.74) is 0.281. The second kappa shape index (κ2) is 6.12. The van der Waals surface area contributed by atoms with Crippen molar-refractivity contribution < 1.29 is 9.18 Å². The summed E-state index contributed by atoms with van der Waals surface area (Å²) in [5, 5.41) is 7.12. The number of halogens is 1. The van der Waals surface area contributed by atoms with E-state index in [2.05, 4.69) is 20.2 Å². The van der Waals surface area contributed by atoms with Gasteiger partial charge in [-0.2, -0.15) is 5.10 Å². The lowest BCUT2D eigenvalue weighted by molar-refractivity contribution is 0.0706. The highest BCUT2D eigenvalue weighted by Gasteiger charge is 2.28. The Morgan fingerprint density at radius 3 is 3.00 bits per heavy atom. The van der Waals surface area contributed by atoms with E-state index in [0.29, 0.717) is 24.0 Å². The highest BCUT2D eigenvalue weighted by atomic mass is 19.1. The van der Waals surface area contributed by atoms with Crippen molar-refractivity contribution in [1.82, 2.24) is 25.1 Å². The second-order valence-corrected chi connectivity index (χ2v) is 6.20. The molecule has 0 saturated carbocycles. The van der Waals surface area contributed by atoms with E-state index in [9.17, 15) is 14.0 Å². The van der Waals surface area contributed by atoms with Crippen LogP contribution in [0.4, 0.5) is 4.39 Å². The molecule has 3 aromatic rings. The largest absolute Gasteiger partial charge is 0.338 e. The third kappa shape index (κ3) is 2.90. The smallest absolute Gasteiger partial charge is 0.254 e. The van der Waals surface area contributed by atoms with Crippen LogP contribution in [0.25, 0.3) is 10.9 Å². The maximum absolute atomic E-state index is 13.6. The van der Waals surface area contributed by atoms with Gasteiger partial charge in [0.25, 0.3) is 5.91 Å². The molecule has 1 saturated heterocycles. The quantitative estimate of drug-likeness (QED) is 0.743. The van der Waals surface area contributed by atoms with Crippen LogP contribution >= 0.6 is 0 Å². The summed E-state index contributed by atoms with van der Waals surface area (Å²) in [4.78, 5) is 33.4. The molecule has 1 aromatic carbocycles. The molecule has 1 aliphatic heterocycles. The van der Waals surface area contributed by atoms with Gasteiger partial charge < -0.3 is 9.88 Å². The summed E-state index contributed by atoms with van der Waals surface area (Å²) in [5.74, 6) is 0.0993. The zero-order valence-corrected chi connectivity index (χ0v) is 13.3. The van der Waals surface area contributed by atoms with Gasteiger partial charge in [-0.3, -0.25) is 14.7 Å². The fraction of sp³-hybridized carbons (Fsp3) is 0.294. The number of aromatic amines is 2. The molecule has 0 unspecified atom stereocenters. The number of H-pyrrole nitrogens is 2. The predicted molar refractivity (Wildman–Crippen MR) is 88.8 cm³/mol. The Labute approximate surface area is 141 Å². The maximum atomic E-state index is 13.6. The topological polar surface area (TPSA) is 94.7 Å². The SMILES string of the molecule is O=C(c1cc(=O)[nH]c2ccc(F)cc12)N1CCC[C@@H](c2ncn[nH]2)C1. The van der Waals surface area contributed by atoms with Crippen molar-refractivity contribution in [2.75, 3.05) is 13.1 Å². The van der Waals surface area contributed by atoms with Gasteiger partial charge in [-0.15, -0.1) is 0 Å². The Balaban J connectivity index is 1.70. The first-order chi connectivity index (χ1) is 12.1. The Morgan fingerprint density at radius 1 is 1.32 bits per heavy atom. The molecule has 128 valence electrons. The molecule has 1 atom stereocenters. The van der Waals surface area contributed by atoms with Crippen LogP contribution in [0.2, 0.25) is 0 Å². The number of amides is 1. The molecule has 25 heavy (non-hydrogen) atoms. The Hall–Kier alpha value is -3.03. The van der Waals surface area contributed by atoms with Crippen molar-refractivity contribution in [2.24, 2.45) is 0 Å². The summed E-state index contributed by atoms with van der Waals surface area (Å²) >= 11 is 0. The molecule has 0 bridgehead atoms. The van der Waals surface area contributed by atoms with Gasteiger partial charge in [-0.1, -0.05) is 0 Å². The molecule has 1 fully saturated rings. The minimum Gasteiger partial charge on any atom is -0.338 e. The van der Waals surface area contributed by atoms with Crippen LogP contribution in [-0.2, 0) is 0 Å². The average molecular weight is 341 g/mol. The number of fused-ring (bicyclic) bond motifs is 1. The minimum absolute atomic E-state index is 0.0743. The lowest BCUT2D eigenvalue weighted by atomic mass is 9.96. The van der Waals surface area contributed by atoms with E-state index in [-0.39, 0.29) is 22.9 Å². The van der Waals surface area contributed by atoms with Crippen molar-refractivity contribution >= 4 is 16.8 Å². The molecule has 1 aliphatic rings. The normalized spacial score (nSPS) is 17.8. The van der Waals surface area contributed by atoms with E-state index < -0.39 is 5.82 Å². The molecule has 0 aliphatic carbocycles. The number of rotatable bonds is 2. The highest BCUT2D eigenvalue weighted by Crippen LogP contribution is 2.26. The molecule has 2 N–H and O–H groups in total. The first-order valence-electron chi connectivity index (χ1n) is 8.09. The third-order valence-electron chi connectivity index (χ3n) is 4.56. The number of hydrogen-bond acceptors (Lipinski definition) is 4. The highest BCUT2D eigenvalue weighted by molar-refractivity contribution is 6.06. The van der Waals surface area contributed by atoms with Crippen LogP contribution < -0.4 is 5.56 Å². The van der Waals surface area contributed by atoms with Gasteiger partial charge in [0.1, 0.15) is 18.0 Å². The van der Waals surface area contributed by atoms with Crippen LogP contribution in [0.5, 0.6) is 0 Å². The number of pyridine rings is 1. The lowest BCUT2D eigenvalue weighted by Gasteiger charge is -2.32. The summed E-state index contributed by atoms with van der Waals surface area (Å²) in [7, 11) is 0. The minimum atomic E-state index is -0.452. The van der Waals surface area contributed by atoms with Gasteiger partial charge in [-0.05, 0) is 31.0 Å². The fourth-order valence-electron chi connectivity index (χ4n) is 3.37. The van der Waals surface area contributed by atoms with Gasteiger partial charge in [0.15, 0.2) is 0 Å². The first kappa shape index (κ1) is 15.5. The number of benzene rings is 1. The van der Waals surface area contributed by atoms with Gasteiger partial charge in [0.05, 0.1) is 5.56 Å². The van der Waals surface area contributed by atoms with E-state index >= 15 is 0 Å². The van der Waals surface area contributed by atoms with Gasteiger partial charge in [0, 0.05) is 36.0 Å². The van der Waals surface area contributed by atoms with E-state index in [0.717, 1.165) is 18.7 Å². The van der Waals surface area contributed by atoms with Gasteiger partial charge in [-0.25, -0.2) is 9.37 Å². The number of nitrogens with one attached hydrogen (secondary N) is 2. The monoisotopic (exact) mass is 341 g/mol. The van der Waals surface area contributed by atoms with Crippen LogP contribution in [-0.4, -0.2) is 44.1 Å². The molecule has 0 radical (unpaired) electrons. The summed E-state index contributed by atoms with van der Waals surface area (Å²) in [6.07, 6.45) is 3.18. The maximum Gasteiger partial charge on any atom is 0.254 e. The van der Waals surface area contributed by atoms with E-state index in [4.69, 9.17) is 0 Å². The Kier molecular flexibility index (Phi) is 3.79. The van der Waals surface area contributed by atoms with Crippen molar-refractivity contribution in [3.05, 3.63) is 58.2 Å². The molecule has 1 amide bonds. The van der Waals surface area contributed by atoms with Crippen molar-refractivity contribution in [2.45, 2.75) is 18.8 Å². The third-order valence-corrected chi connectivity index (χ3v) is 4.56. The van der Waals surface area contributed by atoms with Crippen LogP contribution in [0.3, 0.4) is 0 Å². The second-order valence-electron chi connectivity index (χ2n) is 6.20. The molecule has 7 nitrogen and oxygen atoms in total. The number of nitrogens with zero attached hydrogens (tertiary/aromatic N) is 3. The van der Waals surface area contributed by atoms with Crippen molar-refractivity contribution in [3.8, 4) is 0 Å². The predicted octanol–water partition coefficient (Wildman–Crippen LogP) is 1.81. The molecule has 8 heteroatoms. The van der Waals surface area contributed by atoms with E-state index in [1.165, 1.54) is 30.6 Å². The summed E-state index contributed by atoms with van der Waals surface area (Å²) in [6, 6.07) is 5.24. The lowest BCUT2D eigenvalue weighted by Crippen LogP contribution is -2.39. The standard InChI is InChI=1S/C17H16FN5O2/c18-11-3-4-14-12(6-11)13(7-15(24)21-14)17(25)23-5-1-2-10(8-23)16-19-9-20-22-16/h3-4,6-7,9-10H,1-2,5,8H2,(H,21,24)(H,19,20,22)/t10-/m1/s1. The summed E-state index contributed by atoms with van der Waals surface area (Å²) in [6.45, 7) is 1.07.